The van der Waals surface area contributed by atoms with E-state index in [0.29, 0.717) is 6.54 Å². The van der Waals surface area contributed by atoms with Crippen LogP contribution in [0.4, 0.5) is 0 Å². The quantitative estimate of drug-likeness (QED) is 0.757. The molecule has 20 heavy (non-hydrogen) atoms. The van der Waals surface area contributed by atoms with Crippen molar-refractivity contribution >= 4 is 5.52 Å². The van der Waals surface area contributed by atoms with Crippen molar-refractivity contribution < 1.29 is 5.11 Å². The maximum Gasteiger partial charge on any atom is 0.137 e. The molecule has 0 saturated carbocycles. The van der Waals surface area contributed by atoms with Crippen LogP contribution in [0.3, 0.4) is 0 Å². The summed E-state index contributed by atoms with van der Waals surface area (Å²) in [4.78, 5) is 4.38. The van der Waals surface area contributed by atoms with Crippen LogP contribution in [-0.4, -0.2) is 19.7 Å². The zero-order chi connectivity index (χ0) is 14.1. The molecule has 0 spiro atoms. The second-order valence-corrected chi connectivity index (χ2v) is 4.79. The van der Waals surface area contributed by atoms with E-state index in [2.05, 4.69) is 16.1 Å². The molecule has 0 saturated heterocycles. The predicted octanol–water partition coefficient (Wildman–Crippen LogP) is 1.66. The van der Waals surface area contributed by atoms with Crippen molar-refractivity contribution in [2.45, 2.75) is 20.1 Å². The molecule has 0 radical (unpaired) electrons. The highest BCUT2D eigenvalue weighted by Gasteiger charge is 2.09. The van der Waals surface area contributed by atoms with Gasteiger partial charge in [0.1, 0.15) is 6.33 Å². The molecule has 0 aliphatic carbocycles. The molecule has 0 aliphatic rings. The molecular formula is C15H16N4O. The minimum absolute atomic E-state index is 0.00601. The standard InChI is InChI=1S/C15H16N4O/c1-10-4-12(2-3-13(10)6-16)15-14-5-11(8-20)7-19(14)18-9-17-15/h2-5,7,9,20H,6,8,16H2,1H3. The number of nitrogens with two attached hydrogens (primary N) is 1. The van der Waals surface area contributed by atoms with Gasteiger partial charge in [0.25, 0.3) is 0 Å². The fraction of sp³-hybridized carbons (Fsp3) is 0.200. The maximum atomic E-state index is 9.24. The van der Waals surface area contributed by atoms with Gasteiger partial charge in [0.05, 0.1) is 17.8 Å². The number of fused-ring (bicyclic) bond motifs is 1. The van der Waals surface area contributed by atoms with Gasteiger partial charge in [-0.15, -0.1) is 0 Å². The van der Waals surface area contributed by atoms with Crippen molar-refractivity contribution in [3.8, 4) is 11.3 Å². The lowest BCUT2D eigenvalue weighted by Crippen LogP contribution is -2.00. The molecule has 0 fully saturated rings. The molecule has 102 valence electrons. The van der Waals surface area contributed by atoms with Crippen LogP contribution in [0.25, 0.3) is 16.8 Å². The van der Waals surface area contributed by atoms with E-state index < -0.39 is 0 Å². The van der Waals surface area contributed by atoms with Crippen LogP contribution in [0.15, 0.2) is 36.8 Å². The molecule has 5 nitrogen and oxygen atoms in total. The van der Waals surface area contributed by atoms with Gasteiger partial charge in [-0.05, 0) is 35.7 Å². The summed E-state index contributed by atoms with van der Waals surface area (Å²) >= 11 is 0. The number of aliphatic hydroxyl groups excluding tert-OH is 1. The number of rotatable bonds is 3. The highest BCUT2D eigenvalue weighted by Crippen LogP contribution is 2.25. The molecule has 0 amide bonds. The third kappa shape index (κ3) is 2.07. The number of benzene rings is 1. The van der Waals surface area contributed by atoms with Gasteiger partial charge < -0.3 is 10.8 Å². The molecule has 3 rings (SSSR count). The number of nitrogens with zero attached hydrogens (tertiary/aromatic N) is 3. The molecule has 2 heterocycles. The smallest absolute Gasteiger partial charge is 0.137 e. The lowest BCUT2D eigenvalue weighted by atomic mass is 10.0. The van der Waals surface area contributed by atoms with E-state index in [-0.39, 0.29) is 6.61 Å². The molecular weight excluding hydrogens is 252 g/mol. The molecule has 0 aliphatic heterocycles. The summed E-state index contributed by atoms with van der Waals surface area (Å²) < 4.78 is 1.74. The average molecular weight is 268 g/mol. The third-order valence-corrected chi connectivity index (χ3v) is 3.48. The molecule has 2 aromatic heterocycles. The zero-order valence-electron chi connectivity index (χ0n) is 11.2. The molecule has 1 aromatic carbocycles. The summed E-state index contributed by atoms with van der Waals surface area (Å²) in [6.07, 6.45) is 3.33. The Morgan fingerprint density at radius 1 is 1.30 bits per heavy atom. The number of aliphatic hydroxyl groups is 1. The minimum atomic E-state index is -0.00601. The lowest BCUT2D eigenvalue weighted by molar-refractivity contribution is 0.282. The van der Waals surface area contributed by atoms with Gasteiger partial charge in [-0.1, -0.05) is 12.1 Å². The Hall–Kier alpha value is -2.24. The van der Waals surface area contributed by atoms with E-state index in [0.717, 1.165) is 33.5 Å². The number of aromatic nitrogens is 3. The SMILES string of the molecule is Cc1cc(-c2ncnn3cc(CO)cc23)ccc1CN. The summed E-state index contributed by atoms with van der Waals surface area (Å²) in [6.45, 7) is 2.57. The first-order valence-electron chi connectivity index (χ1n) is 6.46. The van der Waals surface area contributed by atoms with Crippen LogP contribution < -0.4 is 5.73 Å². The first kappa shape index (κ1) is 12.8. The minimum Gasteiger partial charge on any atom is -0.392 e. The van der Waals surface area contributed by atoms with Crippen molar-refractivity contribution in [2.24, 2.45) is 5.73 Å². The van der Waals surface area contributed by atoms with Crippen LogP contribution in [-0.2, 0) is 13.2 Å². The first-order valence-corrected chi connectivity index (χ1v) is 6.46. The number of hydrogen-bond donors (Lipinski definition) is 2. The van der Waals surface area contributed by atoms with Gasteiger partial charge in [0, 0.05) is 18.3 Å². The Morgan fingerprint density at radius 3 is 2.85 bits per heavy atom. The highest BCUT2D eigenvalue weighted by molar-refractivity contribution is 5.77. The Balaban J connectivity index is 2.18. The van der Waals surface area contributed by atoms with E-state index in [4.69, 9.17) is 5.73 Å². The van der Waals surface area contributed by atoms with E-state index in [1.807, 2.05) is 31.3 Å². The molecule has 0 atom stereocenters. The van der Waals surface area contributed by atoms with E-state index in [1.165, 1.54) is 6.33 Å². The zero-order valence-corrected chi connectivity index (χ0v) is 11.2. The Bertz CT molecular complexity index is 764. The van der Waals surface area contributed by atoms with Gasteiger partial charge in [0.15, 0.2) is 0 Å². The Kier molecular flexibility index (Phi) is 3.22. The van der Waals surface area contributed by atoms with Crippen LogP contribution in [0.5, 0.6) is 0 Å². The maximum absolute atomic E-state index is 9.24. The van der Waals surface area contributed by atoms with Crippen LogP contribution in [0.2, 0.25) is 0 Å². The second kappa shape index (κ2) is 5.03. The van der Waals surface area contributed by atoms with Gasteiger partial charge in [-0.2, -0.15) is 5.10 Å². The second-order valence-electron chi connectivity index (χ2n) is 4.79. The molecule has 3 aromatic rings. The normalized spacial score (nSPS) is 11.2. The van der Waals surface area contributed by atoms with Crippen molar-refractivity contribution in [3.05, 3.63) is 53.5 Å². The summed E-state index contributed by atoms with van der Waals surface area (Å²) in [5.41, 5.74) is 11.6. The number of hydrogen-bond acceptors (Lipinski definition) is 4. The van der Waals surface area contributed by atoms with Crippen molar-refractivity contribution in [3.63, 3.8) is 0 Å². The summed E-state index contributed by atoms with van der Waals surface area (Å²) in [6, 6.07) is 8.03. The predicted molar refractivity (Wildman–Crippen MR) is 77.0 cm³/mol. The van der Waals surface area contributed by atoms with E-state index >= 15 is 0 Å². The largest absolute Gasteiger partial charge is 0.392 e. The fourth-order valence-electron chi connectivity index (χ4n) is 2.36. The van der Waals surface area contributed by atoms with Crippen LogP contribution in [0, 0.1) is 6.92 Å². The van der Waals surface area contributed by atoms with Gasteiger partial charge in [0.2, 0.25) is 0 Å². The summed E-state index contributed by atoms with van der Waals surface area (Å²) in [5, 5.41) is 13.4. The molecule has 3 N–H and O–H groups in total. The van der Waals surface area contributed by atoms with E-state index in [1.54, 1.807) is 4.52 Å². The fourth-order valence-corrected chi connectivity index (χ4v) is 2.36. The summed E-state index contributed by atoms with van der Waals surface area (Å²) in [7, 11) is 0. The molecule has 0 bridgehead atoms. The monoisotopic (exact) mass is 268 g/mol. The highest BCUT2D eigenvalue weighted by atomic mass is 16.3. The Labute approximate surface area is 116 Å². The van der Waals surface area contributed by atoms with E-state index in [9.17, 15) is 5.11 Å². The van der Waals surface area contributed by atoms with Gasteiger partial charge in [-0.25, -0.2) is 9.50 Å². The van der Waals surface area contributed by atoms with Crippen LogP contribution >= 0.6 is 0 Å². The van der Waals surface area contributed by atoms with Crippen LogP contribution in [0.1, 0.15) is 16.7 Å². The first-order chi connectivity index (χ1) is 9.72. The topological polar surface area (TPSA) is 76.4 Å². The summed E-state index contributed by atoms with van der Waals surface area (Å²) in [5.74, 6) is 0. The Morgan fingerprint density at radius 2 is 2.15 bits per heavy atom. The molecule has 0 unspecified atom stereocenters. The van der Waals surface area contributed by atoms with Crippen molar-refractivity contribution in [1.29, 1.82) is 0 Å². The average Bonchev–Trinajstić information content (AvgIpc) is 2.90. The lowest BCUT2D eigenvalue weighted by Gasteiger charge is -2.07. The van der Waals surface area contributed by atoms with Crippen molar-refractivity contribution in [2.75, 3.05) is 0 Å². The van der Waals surface area contributed by atoms with Gasteiger partial charge >= 0.3 is 0 Å². The third-order valence-electron chi connectivity index (χ3n) is 3.48. The number of aryl methyl sites for hydroxylation is 1. The molecule has 5 heteroatoms. The van der Waals surface area contributed by atoms with Gasteiger partial charge in [-0.3, -0.25) is 0 Å². The van der Waals surface area contributed by atoms with Crippen molar-refractivity contribution in [1.82, 2.24) is 14.6 Å².